The topological polar surface area (TPSA) is 35.0 Å². The lowest BCUT2D eigenvalue weighted by Gasteiger charge is -2.11. The Morgan fingerprint density at radius 3 is 2.21 bits per heavy atom. The second kappa shape index (κ2) is 11.4. The van der Waals surface area contributed by atoms with Gasteiger partial charge in [0.2, 0.25) is 0 Å². The first kappa shape index (κ1) is 21.0. The van der Waals surface area contributed by atoms with Gasteiger partial charge in [-0.2, -0.15) is 0 Å². The number of aromatic nitrogens is 2. The van der Waals surface area contributed by atoms with Gasteiger partial charge in [0.25, 0.3) is 0 Å². The molecule has 3 nitrogen and oxygen atoms in total. The molecule has 1 heterocycles. The lowest BCUT2D eigenvalue weighted by molar-refractivity contribution is 0.318. The van der Waals surface area contributed by atoms with Crippen molar-refractivity contribution in [2.24, 2.45) is 0 Å². The van der Waals surface area contributed by atoms with E-state index in [9.17, 15) is 0 Å². The zero-order valence-corrected chi connectivity index (χ0v) is 17.7. The number of aryl methyl sites for hydroxylation is 1. The number of hydrogen-bond acceptors (Lipinski definition) is 3. The standard InChI is InChI=1S/C26H32N2O/c1-3-5-6-7-8-11-23-19-28-25(20-27-23)22-16-14-21(15-17-22)24-12-9-10-13-26(24)29-18-4-2/h9-10,12-17,19-20H,3-8,11,18H2,1-2H3. The van der Waals surface area contributed by atoms with Crippen molar-refractivity contribution in [2.75, 3.05) is 6.61 Å². The highest BCUT2D eigenvalue weighted by molar-refractivity contribution is 5.73. The molecular weight excluding hydrogens is 356 g/mol. The minimum atomic E-state index is 0.732. The molecule has 0 aliphatic heterocycles. The quantitative estimate of drug-likeness (QED) is 0.328. The molecule has 0 saturated heterocycles. The van der Waals surface area contributed by atoms with E-state index in [0.717, 1.165) is 53.3 Å². The Labute approximate surface area is 175 Å². The largest absolute Gasteiger partial charge is 0.493 e. The van der Waals surface area contributed by atoms with Crippen LogP contribution in [-0.2, 0) is 6.42 Å². The molecule has 0 unspecified atom stereocenters. The van der Waals surface area contributed by atoms with E-state index in [4.69, 9.17) is 4.74 Å². The summed E-state index contributed by atoms with van der Waals surface area (Å²) in [5.74, 6) is 0.935. The van der Waals surface area contributed by atoms with Crippen molar-refractivity contribution in [3.8, 4) is 28.1 Å². The van der Waals surface area contributed by atoms with E-state index in [2.05, 4.69) is 60.2 Å². The van der Waals surface area contributed by atoms with Gasteiger partial charge in [0.1, 0.15) is 5.75 Å². The Morgan fingerprint density at radius 2 is 1.48 bits per heavy atom. The third-order valence-electron chi connectivity index (χ3n) is 5.08. The van der Waals surface area contributed by atoms with Crippen LogP contribution >= 0.6 is 0 Å². The van der Waals surface area contributed by atoms with E-state index in [1.807, 2.05) is 24.5 Å². The number of unbranched alkanes of at least 4 members (excludes halogenated alkanes) is 4. The molecule has 2 aromatic carbocycles. The molecule has 0 amide bonds. The highest BCUT2D eigenvalue weighted by Gasteiger charge is 2.07. The molecule has 0 atom stereocenters. The molecule has 0 aliphatic carbocycles. The van der Waals surface area contributed by atoms with Crippen molar-refractivity contribution in [3.05, 3.63) is 66.6 Å². The summed E-state index contributed by atoms with van der Waals surface area (Å²) in [5, 5.41) is 0. The maximum absolute atomic E-state index is 5.90. The number of benzene rings is 2. The average molecular weight is 389 g/mol. The van der Waals surface area contributed by atoms with E-state index in [0.29, 0.717) is 0 Å². The van der Waals surface area contributed by atoms with Gasteiger partial charge in [-0.1, -0.05) is 82.0 Å². The Hall–Kier alpha value is -2.68. The van der Waals surface area contributed by atoms with Crippen molar-refractivity contribution in [2.45, 2.75) is 58.8 Å². The first-order valence-corrected chi connectivity index (χ1v) is 11.0. The fourth-order valence-electron chi connectivity index (χ4n) is 3.41. The van der Waals surface area contributed by atoms with E-state index in [-0.39, 0.29) is 0 Å². The molecule has 0 spiro atoms. The van der Waals surface area contributed by atoms with E-state index >= 15 is 0 Å². The SMILES string of the molecule is CCCCCCCc1cnc(-c2ccc(-c3ccccc3OCCC)cc2)cn1. The molecule has 1 aromatic heterocycles. The molecule has 0 N–H and O–H groups in total. The molecule has 0 bridgehead atoms. The lowest BCUT2D eigenvalue weighted by Crippen LogP contribution is -1.96. The predicted molar refractivity (Wildman–Crippen MR) is 121 cm³/mol. The first-order chi connectivity index (χ1) is 14.3. The molecular formula is C26H32N2O. The molecule has 3 aromatic rings. The minimum Gasteiger partial charge on any atom is -0.493 e. The van der Waals surface area contributed by atoms with Crippen LogP contribution in [0.25, 0.3) is 22.4 Å². The third-order valence-corrected chi connectivity index (χ3v) is 5.08. The average Bonchev–Trinajstić information content (AvgIpc) is 2.78. The van der Waals surface area contributed by atoms with Crippen LogP contribution in [-0.4, -0.2) is 16.6 Å². The summed E-state index contributed by atoms with van der Waals surface area (Å²) in [7, 11) is 0. The van der Waals surface area contributed by atoms with E-state index in [1.165, 1.54) is 32.1 Å². The fourth-order valence-corrected chi connectivity index (χ4v) is 3.41. The highest BCUT2D eigenvalue weighted by atomic mass is 16.5. The van der Waals surface area contributed by atoms with Crippen molar-refractivity contribution in [1.82, 2.24) is 9.97 Å². The maximum atomic E-state index is 5.90. The Morgan fingerprint density at radius 1 is 0.724 bits per heavy atom. The Kier molecular flexibility index (Phi) is 8.24. The van der Waals surface area contributed by atoms with Gasteiger partial charge >= 0.3 is 0 Å². The maximum Gasteiger partial charge on any atom is 0.127 e. The molecule has 3 rings (SSSR count). The number of rotatable bonds is 11. The number of nitrogens with zero attached hydrogens (tertiary/aromatic N) is 2. The van der Waals surface area contributed by atoms with E-state index in [1.54, 1.807) is 0 Å². The predicted octanol–water partition coefficient (Wildman–Crippen LogP) is 7.11. The van der Waals surface area contributed by atoms with Gasteiger partial charge in [-0.25, -0.2) is 0 Å². The molecule has 3 heteroatoms. The highest BCUT2D eigenvalue weighted by Crippen LogP contribution is 2.31. The van der Waals surface area contributed by atoms with Gasteiger partial charge in [-0.05, 0) is 30.9 Å². The summed E-state index contributed by atoms with van der Waals surface area (Å²) in [6, 6.07) is 16.7. The summed E-state index contributed by atoms with van der Waals surface area (Å²) in [6.45, 7) is 5.10. The summed E-state index contributed by atoms with van der Waals surface area (Å²) >= 11 is 0. The number of para-hydroxylation sites is 1. The van der Waals surface area contributed by atoms with Gasteiger partial charge in [0.05, 0.1) is 24.2 Å². The van der Waals surface area contributed by atoms with Crippen LogP contribution in [0.15, 0.2) is 60.9 Å². The van der Waals surface area contributed by atoms with Crippen LogP contribution in [0, 0.1) is 0 Å². The Bertz CT molecular complexity index is 857. The van der Waals surface area contributed by atoms with Crippen LogP contribution in [0.1, 0.15) is 58.1 Å². The van der Waals surface area contributed by atoms with Crippen molar-refractivity contribution >= 4 is 0 Å². The minimum absolute atomic E-state index is 0.732. The third kappa shape index (κ3) is 6.15. The van der Waals surface area contributed by atoms with Crippen molar-refractivity contribution in [1.29, 1.82) is 0 Å². The zero-order chi connectivity index (χ0) is 20.3. The monoisotopic (exact) mass is 388 g/mol. The molecule has 0 radical (unpaired) electrons. The summed E-state index contributed by atoms with van der Waals surface area (Å²) < 4.78 is 5.90. The van der Waals surface area contributed by atoms with Crippen LogP contribution < -0.4 is 4.74 Å². The van der Waals surface area contributed by atoms with Crippen molar-refractivity contribution in [3.63, 3.8) is 0 Å². The summed E-state index contributed by atoms with van der Waals surface area (Å²) in [6.07, 6.45) is 12.3. The van der Waals surface area contributed by atoms with Gasteiger partial charge < -0.3 is 4.74 Å². The molecule has 0 saturated carbocycles. The lowest BCUT2D eigenvalue weighted by atomic mass is 10.0. The first-order valence-electron chi connectivity index (χ1n) is 11.0. The molecule has 0 aliphatic rings. The number of hydrogen-bond donors (Lipinski definition) is 0. The normalized spacial score (nSPS) is 10.8. The molecule has 0 fully saturated rings. The van der Waals surface area contributed by atoms with Crippen LogP contribution in [0.4, 0.5) is 0 Å². The van der Waals surface area contributed by atoms with Gasteiger partial charge in [-0.15, -0.1) is 0 Å². The van der Waals surface area contributed by atoms with Gasteiger partial charge in [0, 0.05) is 17.3 Å². The van der Waals surface area contributed by atoms with Crippen molar-refractivity contribution < 1.29 is 4.74 Å². The fraction of sp³-hybridized carbons (Fsp3) is 0.385. The summed E-state index contributed by atoms with van der Waals surface area (Å²) in [4.78, 5) is 9.26. The zero-order valence-electron chi connectivity index (χ0n) is 17.7. The van der Waals surface area contributed by atoms with Gasteiger partial charge in [-0.3, -0.25) is 9.97 Å². The van der Waals surface area contributed by atoms with E-state index < -0.39 is 0 Å². The summed E-state index contributed by atoms with van der Waals surface area (Å²) in [5.41, 5.74) is 5.36. The number of ether oxygens (including phenoxy) is 1. The van der Waals surface area contributed by atoms with Crippen LogP contribution in [0.3, 0.4) is 0 Å². The molecule has 152 valence electrons. The smallest absolute Gasteiger partial charge is 0.127 e. The Balaban J connectivity index is 1.65. The van der Waals surface area contributed by atoms with Crippen LogP contribution in [0.5, 0.6) is 5.75 Å². The second-order valence-electron chi connectivity index (χ2n) is 7.48. The van der Waals surface area contributed by atoms with Crippen LogP contribution in [0.2, 0.25) is 0 Å². The second-order valence-corrected chi connectivity index (χ2v) is 7.48. The van der Waals surface area contributed by atoms with Gasteiger partial charge in [0.15, 0.2) is 0 Å². The molecule has 29 heavy (non-hydrogen) atoms.